The normalized spacial score (nSPS) is 14.3. The maximum Gasteiger partial charge on any atom is 0.205 e. The maximum absolute atomic E-state index is 5.67. The number of aliphatic imine (C=N–C) groups is 1. The van der Waals surface area contributed by atoms with Crippen LogP contribution in [0.1, 0.15) is 26.6 Å². The largest absolute Gasteiger partial charge is 0.493 e. The second-order valence-electron chi connectivity index (χ2n) is 8.71. The highest BCUT2D eigenvalue weighted by molar-refractivity contribution is 7.19. The maximum atomic E-state index is 5.67. The SMILES string of the molecule is COc1ccc(-c2nnc3n2N=C(C(C)(C)C)C3=Nc2ccc(N(C)C)s2)c(OC)c1OC. The van der Waals surface area contributed by atoms with Gasteiger partial charge in [-0.15, -0.1) is 10.2 Å². The molecule has 0 saturated carbocycles. The van der Waals surface area contributed by atoms with E-state index in [0.29, 0.717) is 40.2 Å². The van der Waals surface area contributed by atoms with E-state index in [1.807, 2.05) is 32.3 Å². The summed E-state index contributed by atoms with van der Waals surface area (Å²) >= 11 is 1.61. The average molecular weight is 469 g/mol. The van der Waals surface area contributed by atoms with Crippen LogP contribution in [-0.2, 0) is 0 Å². The lowest BCUT2D eigenvalue weighted by Gasteiger charge is -2.18. The Balaban J connectivity index is 1.89. The number of fused-ring (bicyclic) bond motifs is 1. The van der Waals surface area contributed by atoms with Gasteiger partial charge < -0.3 is 19.1 Å². The van der Waals surface area contributed by atoms with Gasteiger partial charge in [-0.2, -0.15) is 9.78 Å². The molecule has 0 saturated heterocycles. The van der Waals surface area contributed by atoms with E-state index >= 15 is 0 Å². The number of hydrogen-bond acceptors (Lipinski definition) is 9. The minimum atomic E-state index is -0.250. The van der Waals surface area contributed by atoms with Crippen LogP contribution in [0.15, 0.2) is 34.4 Å². The van der Waals surface area contributed by atoms with Gasteiger partial charge >= 0.3 is 0 Å². The summed E-state index contributed by atoms with van der Waals surface area (Å²) in [4.78, 5) is 7.00. The van der Waals surface area contributed by atoms with E-state index in [2.05, 4.69) is 41.9 Å². The van der Waals surface area contributed by atoms with Crippen LogP contribution in [0.5, 0.6) is 17.2 Å². The Hall–Kier alpha value is -3.40. The van der Waals surface area contributed by atoms with E-state index in [-0.39, 0.29) is 5.41 Å². The Labute approximate surface area is 197 Å². The first-order valence-corrected chi connectivity index (χ1v) is 11.2. The Morgan fingerprint density at radius 2 is 1.61 bits per heavy atom. The zero-order valence-corrected chi connectivity index (χ0v) is 20.9. The van der Waals surface area contributed by atoms with Crippen LogP contribution in [0, 0.1) is 5.41 Å². The zero-order valence-electron chi connectivity index (χ0n) is 20.1. The molecule has 1 aromatic carbocycles. The van der Waals surface area contributed by atoms with E-state index in [9.17, 15) is 0 Å². The summed E-state index contributed by atoms with van der Waals surface area (Å²) in [5, 5.41) is 15.8. The van der Waals surface area contributed by atoms with E-state index in [0.717, 1.165) is 15.7 Å². The van der Waals surface area contributed by atoms with Gasteiger partial charge in [-0.25, -0.2) is 4.99 Å². The number of hydrogen-bond donors (Lipinski definition) is 0. The Kier molecular flexibility index (Phi) is 5.87. The van der Waals surface area contributed by atoms with Crippen LogP contribution in [-0.4, -0.2) is 61.7 Å². The molecule has 2 aromatic heterocycles. The lowest BCUT2D eigenvalue weighted by atomic mass is 9.87. The minimum Gasteiger partial charge on any atom is -0.493 e. The van der Waals surface area contributed by atoms with E-state index in [1.165, 1.54) is 0 Å². The van der Waals surface area contributed by atoms with E-state index in [1.54, 1.807) is 37.3 Å². The molecule has 9 nitrogen and oxygen atoms in total. The van der Waals surface area contributed by atoms with Gasteiger partial charge in [0.1, 0.15) is 10.7 Å². The quantitative estimate of drug-likeness (QED) is 0.530. The summed E-state index contributed by atoms with van der Waals surface area (Å²) in [5.74, 6) is 2.67. The summed E-state index contributed by atoms with van der Waals surface area (Å²) in [6.07, 6.45) is 0. The monoisotopic (exact) mass is 468 g/mol. The number of methoxy groups -OCH3 is 3. The predicted molar refractivity (Wildman–Crippen MR) is 132 cm³/mol. The van der Waals surface area contributed by atoms with Crippen molar-refractivity contribution in [2.75, 3.05) is 40.3 Å². The molecule has 0 fully saturated rings. The number of nitrogens with zero attached hydrogens (tertiary/aromatic N) is 6. The van der Waals surface area contributed by atoms with Crippen molar-refractivity contribution in [3.63, 3.8) is 0 Å². The van der Waals surface area contributed by atoms with Crippen LogP contribution in [0.2, 0.25) is 0 Å². The van der Waals surface area contributed by atoms with Gasteiger partial charge in [0.2, 0.25) is 11.6 Å². The molecule has 0 aliphatic carbocycles. The summed E-state index contributed by atoms with van der Waals surface area (Å²) in [6.45, 7) is 6.33. The molecule has 0 unspecified atom stereocenters. The van der Waals surface area contributed by atoms with Crippen molar-refractivity contribution in [1.29, 1.82) is 0 Å². The van der Waals surface area contributed by atoms with Crippen molar-refractivity contribution in [3.05, 3.63) is 30.1 Å². The highest BCUT2D eigenvalue weighted by Gasteiger charge is 2.36. The molecule has 0 N–H and O–H groups in total. The van der Waals surface area contributed by atoms with Crippen LogP contribution >= 0.6 is 11.3 Å². The van der Waals surface area contributed by atoms with E-state index in [4.69, 9.17) is 24.3 Å². The first-order valence-electron chi connectivity index (χ1n) is 10.4. The number of anilines is 1. The molecule has 0 amide bonds. The average Bonchev–Trinajstić information content (AvgIpc) is 3.48. The molecular formula is C23H28N6O3S. The van der Waals surface area contributed by atoms with Crippen molar-refractivity contribution in [2.45, 2.75) is 20.8 Å². The Morgan fingerprint density at radius 1 is 0.909 bits per heavy atom. The van der Waals surface area contributed by atoms with Gasteiger partial charge in [0.25, 0.3) is 0 Å². The first-order chi connectivity index (χ1) is 15.7. The summed E-state index contributed by atoms with van der Waals surface area (Å²) in [6, 6.07) is 7.73. The summed E-state index contributed by atoms with van der Waals surface area (Å²) < 4.78 is 18.3. The number of rotatable bonds is 6. The van der Waals surface area contributed by atoms with Crippen molar-refractivity contribution in [3.8, 4) is 28.6 Å². The molecule has 1 aliphatic heterocycles. The van der Waals surface area contributed by atoms with Gasteiger partial charge in [0.15, 0.2) is 17.3 Å². The zero-order chi connectivity index (χ0) is 23.9. The van der Waals surface area contributed by atoms with Gasteiger partial charge in [-0.05, 0) is 24.3 Å². The minimum absolute atomic E-state index is 0.250. The molecule has 33 heavy (non-hydrogen) atoms. The third kappa shape index (κ3) is 3.95. The van der Waals surface area contributed by atoms with Gasteiger partial charge in [-0.3, -0.25) is 0 Å². The second kappa shape index (κ2) is 8.51. The van der Waals surface area contributed by atoms with Crippen LogP contribution in [0.25, 0.3) is 11.4 Å². The number of ether oxygens (including phenoxy) is 3. The number of benzene rings is 1. The molecule has 0 atom stereocenters. The molecule has 0 radical (unpaired) electrons. The molecule has 10 heteroatoms. The van der Waals surface area contributed by atoms with Gasteiger partial charge in [0, 0.05) is 19.5 Å². The molecule has 174 valence electrons. The Morgan fingerprint density at radius 3 is 2.18 bits per heavy atom. The van der Waals surface area contributed by atoms with Crippen LogP contribution in [0.4, 0.5) is 10.0 Å². The lowest BCUT2D eigenvalue weighted by molar-refractivity contribution is 0.325. The fraction of sp³-hybridized carbons (Fsp3) is 0.391. The van der Waals surface area contributed by atoms with Gasteiger partial charge in [0.05, 0.1) is 37.6 Å². The van der Waals surface area contributed by atoms with Crippen molar-refractivity contribution in [2.24, 2.45) is 15.5 Å². The third-order valence-electron chi connectivity index (χ3n) is 5.17. The second-order valence-corrected chi connectivity index (χ2v) is 9.75. The third-order valence-corrected chi connectivity index (χ3v) is 6.32. The topological polar surface area (TPSA) is 86.4 Å². The van der Waals surface area contributed by atoms with Crippen molar-refractivity contribution >= 4 is 32.8 Å². The van der Waals surface area contributed by atoms with Crippen molar-refractivity contribution < 1.29 is 14.2 Å². The fourth-order valence-electron chi connectivity index (χ4n) is 3.56. The molecule has 4 rings (SSSR count). The molecule has 1 aliphatic rings. The highest BCUT2D eigenvalue weighted by atomic mass is 32.1. The number of aromatic nitrogens is 3. The molecule has 0 bridgehead atoms. The number of thiophene rings is 1. The molecule has 3 heterocycles. The van der Waals surface area contributed by atoms with E-state index < -0.39 is 0 Å². The Bertz CT molecular complexity index is 1250. The van der Waals surface area contributed by atoms with Crippen LogP contribution in [0.3, 0.4) is 0 Å². The smallest absolute Gasteiger partial charge is 0.205 e. The first kappa shape index (κ1) is 22.8. The van der Waals surface area contributed by atoms with Gasteiger partial charge in [-0.1, -0.05) is 32.1 Å². The summed E-state index contributed by atoms with van der Waals surface area (Å²) in [5.41, 5.74) is 2.00. The molecular weight excluding hydrogens is 440 g/mol. The standard InChI is InChI=1S/C23H28N6O3S/c1-23(2,3)20-17(24-15-11-12-16(33-15)28(4)5)22-26-25-21(29(22)27-20)13-9-10-14(30-6)19(32-8)18(13)31-7/h9-12H,1-8H3. The van der Waals surface area contributed by atoms with Crippen molar-refractivity contribution in [1.82, 2.24) is 14.9 Å². The highest BCUT2D eigenvalue weighted by Crippen LogP contribution is 2.44. The summed E-state index contributed by atoms with van der Waals surface area (Å²) in [7, 11) is 8.76. The van der Waals surface area contributed by atoms with Crippen LogP contribution < -0.4 is 19.1 Å². The lowest BCUT2D eigenvalue weighted by Crippen LogP contribution is -2.27. The fourth-order valence-corrected chi connectivity index (χ4v) is 4.36. The molecule has 3 aromatic rings. The molecule has 0 spiro atoms. The predicted octanol–water partition coefficient (Wildman–Crippen LogP) is 4.48.